The van der Waals surface area contributed by atoms with E-state index in [0.29, 0.717) is 12.1 Å². The average Bonchev–Trinajstić information content (AvgIpc) is 3.07. The maximum absolute atomic E-state index is 13.6. The summed E-state index contributed by atoms with van der Waals surface area (Å²) in [4.78, 5) is 17.9. The van der Waals surface area contributed by atoms with Gasteiger partial charge in [-0.25, -0.2) is 0 Å². The van der Waals surface area contributed by atoms with Gasteiger partial charge in [0.05, 0.1) is 18.9 Å². The molecule has 0 aliphatic carbocycles. The highest BCUT2D eigenvalue weighted by molar-refractivity contribution is 5.95. The van der Waals surface area contributed by atoms with Crippen molar-refractivity contribution in [1.82, 2.24) is 19.6 Å². The van der Waals surface area contributed by atoms with E-state index < -0.39 is 0 Å². The Kier molecular flexibility index (Phi) is 6.73. The smallest absolute Gasteiger partial charge is 0.257 e. The third-order valence-electron chi connectivity index (χ3n) is 5.69. The van der Waals surface area contributed by atoms with Crippen LogP contribution in [0, 0.1) is 6.92 Å². The van der Waals surface area contributed by atoms with Crippen LogP contribution < -0.4 is 4.74 Å². The molecule has 1 aromatic heterocycles. The predicted molar refractivity (Wildman–Crippen MR) is 111 cm³/mol. The molecule has 1 saturated heterocycles. The number of piperidine rings is 1. The van der Waals surface area contributed by atoms with Crippen molar-refractivity contribution in [3.63, 3.8) is 0 Å². The van der Waals surface area contributed by atoms with E-state index in [0.717, 1.165) is 55.9 Å². The van der Waals surface area contributed by atoms with Gasteiger partial charge < -0.3 is 14.5 Å². The number of carbonyl (C=O) groups excluding carboxylic acids is 1. The summed E-state index contributed by atoms with van der Waals surface area (Å²) in [7, 11) is 3.82. The Morgan fingerprint density at radius 2 is 2.00 bits per heavy atom. The number of benzene rings is 1. The molecule has 0 spiro atoms. The molecule has 152 valence electrons. The van der Waals surface area contributed by atoms with Gasteiger partial charge in [0.25, 0.3) is 5.91 Å². The maximum Gasteiger partial charge on any atom is 0.257 e. The van der Waals surface area contributed by atoms with Crippen molar-refractivity contribution in [3.05, 3.63) is 47.3 Å². The summed E-state index contributed by atoms with van der Waals surface area (Å²) < 4.78 is 7.47. The van der Waals surface area contributed by atoms with E-state index in [1.54, 1.807) is 13.3 Å². The quantitative estimate of drug-likeness (QED) is 0.735. The van der Waals surface area contributed by atoms with E-state index in [1.165, 1.54) is 0 Å². The molecule has 0 radical (unpaired) electrons. The molecule has 2 heterocycles. The summed E-state index contributed by atoms with van der Waals surface area (Å²) in [5.74, 6) is 0.895. The zero-order valence-electron chi connectivity index (χ0n) is 17.5. The summed E-state index contributed by atoms with van der Waals surface area (Å²) in [6, 6.07) is 8.18. The van der Waals surface area contributed by atoms with Gasteiger partial charge in [-0.3, -0.25) is 9.48 Å². The minimum Gasteiger partial charge on any atom is -0.496 e. The Morgan fingerprint density at radius 1 is 1.29 bits per heavy atom. The number of hydrogen-bond donors (Lipinski definition) is 0. The van der Waals surface area contributed by atoms with Gasteiger partial charge in [0.15, 0.2) is 0 Å². The first-order chi connectivity index (χ1) is 13.5. The van der Waals surface area contributed by atoms with Gasteiger partial charge in [-0.15, -0.1) is 0 Å². The van der Waals surface area contributed by atoms with Crippen LogP contribution in [0.1, 0.15) is 47.8 Å². The fourth-order valence-corrected chi connectivity index (χ4v) is 3.94. The highest BCUT2D eigenvalue weighted by atomic mass is 16.5. The number of nitrogens with zero attached hydrogens (tertiary/aromatic N) is 4. The molecule has 0 saturated carbocycles. The molecule has 1 amide bonds. The number of likely N-dealkylation sites (tertiary alicyclic amines) is 1. The van der Waals surface area contributed by atoms with Crippen molar-refractivity contribution in [3.8, 4) is 5.75 Å². The van der Waals surface area contributed by atoms with Crippen LogP contribution in [0.25, 0.3) is 0 Å². The monoisotopic (exact) mass is 384 g/mol. The molecule has 0 atom stereocenters. The van der Waals surface area contributed by atoms with Gasteiger partial charge in [-0.1, -0.05) is 25.1 Å². The number of rotatable bonds is 7. The van der Waals surface area contributed by atoms with Gasteiger partial charge in [0.2, 0.25) is 0 Å². The second kappa shape index (κ2) is 9.24. The molecule has 0 unspecified atom stereocenters. The van der Waals surface area contributed by atoms with Gasteiger partial charge >= 0.3 is 0 Å². The van der Waals surface area contributed by atoms with E-state index in [-0.39, 0.29) is 11.9 Å². The van der Waals surface area contributed by atoms with Gasteiger partial charge in [0.1, 0.15) is 5.75 Å². The first-order valence-electron chi connectivity index (χ1n) is 10.2. The number of ether oxygens (including phenoxy) is 1. The standard InChI is InChI=1S/C22H32N4O2/c1-5-12-26-17(2)20(15-23-26)22(27)25(19-10-13-24(3)14-11-19)16-18-8-6-7-9-21(18)28-4/h6-9,15,19H,5,10-14,16H2,1-4H3. The lowest BCUT2D eigenvalue weighted by Gasteiger charge is -2.37. The topological polar surface area (TPSA) is 50.6 Å². The van der Waals surface area contributed by atoms with Crippen LogP contribution in [0.4, 0.5) is 0 Å². The maximum atomic E-state index is 13.6. The molecule has 1 aliphatic heterocycles. The average molecular weight is 385 g/mol. The predicted octanol–water partition coefficient (Wildman–Crippen LogP) is 3.35. The minimum absolute atomic E-state index is 0.0697. The molecule has 28 heavy (non-hydrogen) atoms. The van der Waals surface area contributed by atoms with Crippen molar-refractivity contribution >= 4 is 5.91 Å². The van der Waals surface area contributed by atoms with Crippen molar-refractivity contribution < 1.29 is 9.53 Å². The van der Waals surface area contributed by atoms with Crippen LogP contribution in [-0.2, 0) is 13.1 Å². The van der Waals surface area contributed by atoms with Crippen LogP contribution >= 0.6 is 0 Å². The molecular weight excluding hydrogens is 352 g/mol. The molecule has 1 aromatic carbocycles. The third-order valence-corrected chi connectivity index (χ3v) is 5.69. The van der Waals surface area contributed by atoms with Gasteiger partial charge in [0, 0.05) is 30.4 Å². The van der Waals surface area contributed by atoms with Crippen LogP contribution in [0.3, 0.4) is 0 Å². The lowest BCUT2D eigenvalue weighted by Crippen LogP contribution is -2.46. The van der Waals surface area contributed by atoms with Crippen LogP contribution in [0.5, 0.6) is 5.75 Å². The van der Waals surface area contributed by atoms with Crippen molar-refractivity contribution in [2.75, 3.05) is 27.2 Å². The molecular formula is C22H32N4O2. The number of methoxy groups -OCH3 is 1. The zero-order chi connectivity index (χ0) is 20.1. The van der Waals surface area contributed by atoms with E-state index in [2.05, 4.69) is 24.0 Å². The SMILES string of the molecule is CCCn1ncc(C(=O)N(Cc2ccccc2OC)C2CCN(C)CC2)c1C. The second-order valence-corrected chi connectivity index (χ2v) is 7.65. The lowest BCUT2D eigenvalue weighted by molar-refractivity contribution is 0.0567. The first-order valence-corrected chi connectivity index (χ1v) is 10.2. The van der Waals surface area contributed by atoms with E-state index in [9.17, 15) is 4.79 Å². The van der Waals surface area contributed by atoms with Crippen LogP contribution in [0.15, 0.2) is 30.5 Å². The molecule has 0 bridgehead atoms. The molecule has 0 N–H and O–H groups in total. The van der Waals surface area contributed by atoms with Crippen molar-refractivity contribution in [2.24, 2.45) is 0 Å². The number of aryl methyl sites for hydroxylation is 1. The summed E-state index contributed by atoms with van der Waals surface area (Å²) in [6.45, 7) is 7.51. The first kappa shape index (κ1) is 20.4. The van der Waals surface area contributed by atoms with Gasteiger partial charge in [-0.2, -0.15) is 5.10 Å². The summed E-state index contributed by atoms with van der Waals surface area (Å²) in [5, 5.41) is 4.44. The number of carbonyl (C=O) groups is 1. The number of amides is 1. The number of hydrogen-bond acceptors (Lipinski definition) is 4. The van der Waals surface area contributed by atoms with Crippen LogP contribution in [-0.4, -0.2) is 58.8 Å². The van der Waals surface area contributed by atoms with Gasteiger partial charge in [-0.05, 0) is 52.4 Å². The highest BCUT2D eigenvalue weighted by Gasteiger charge is 2.30. The summed E-state index contributed by atoms with van der Waals surface area (Å²) >= 11 is 0. The molecule has 6 heteroatoms. The second-order valence-electron chi connectivity index (χ2n) is 7.65. The summed E-state index contributed by atoms with van der Waals surface area (Å²) in [6.07, 6.45) is 4.70. The molecule has 1 fully saturated rings. The Labute approximate surface area is 168 Å². The Hall–Kier alpha value is -2.34. The number of para-hydroxylation sites is 1. The molecule has 1 aliphatic rings. The third kappa shape index (κ3) is 4.38. The Bertz CT molecular complexity index is 794. The molecule has 6 nitrogen and oxygen atoms in total. The Balaban J connectivity index is 1.90. The summed E-state index contributed by atoms with van der Waals surface area (Å²) in [5.41, 5.74) is 2.70. The van der Waals surface area contributed by atoms with E-state index >= 15 is 0 Å². The Morgan fingerprint density at radius 3 is 2.68 bits per heavy atom. The molecule has 2 aromatic rings. The van der Waals surface area contributed by atoms with Crippen LogP contribution in [0.2, 0.25) is 0 Å². The zero-order valence-corrected chi connectivity index (χ0v) is 17.5. The normalized spacial score (nSPS) is 15.6. The van der Waals surface area contributed by atoms with E-state index in [4.69, 9.17) is 4.74 Å². The fourth-order valence-electron chi connectivity index (χ4n) is 3.94. The fraction of sp³-hybridized carbons (Fsp3) is 0.545. The lowest BCUT2D eigenvalue weighted by atomic mass is 10.0. The highest BCUT2D eigenvalue weighted by Crippen LogP contribution is 2.26. The molecule has 3 rings (SSSR count). The minimum atomic E-state index is 0.0697. The van der Waals surface area contributed by atoms with Crippen molar-refractivity contribution in [1.29, 1.82) is 0 Å². The number of aromatic nitrogens is 2. The largest absolute Gasteiger partial charge is 0.496 e. The van der Waals surface area contributed by atoms with E-state index in [1.807, 2.05) is 40.8 Å². The van der Waals surface area contributed by atoms with Crippen molar-refractivity contribution in [2.45, 2.75) is 52.2 Å².